The Morgan fingerprint density at radius 1 is 1.21 bits per heavy atom. The molecule has 0 fully saturated rings. The van der Waals surface area contributed by atoms with E-state index in [2.05, 4.69) is 20.8 Å². The predicted octanol–water partition coefficient (Wildman–Crippen LogP) is 3.19. The van der Waals surface area contributed by atoms with Gasteiger partial charge in [-0.05, 0) is 60.7 Å². The van der Waals surface area contributed by atoms with Gasteiger partial charge in [0.15, 0.2) is 0 Å². The Labute approximate surface area is 167 Å². The third kappa shape index (κ3) is 4.61. The van der Waals surface area contributed by atoms with E-state index in [9.17, 15) is 4.79 Å². The quantitative estimate of drug-likeness (QED) is 0.582. The molecule has 1 aromatic heterocycles. The third-order valence-corrected chi connectivity index (χ3v) is 4.89. The molecular formula is C19H21N5O3S. The zero-order valence-corrected chi connectivity index (χ0v) is 16.6. The molecule has 0 radical (unpaired) electrons. The van der Waals surface area contributed by atoms with Gasteiger partial charge in [0.2, 0.25) is 11.1 Å². The van der Waals surface area contributed by atoms with Gasteiger partial charge in [-0.2, -0.15) is 4.68 Å². The molecule has 0 bridgehead atoms. The largest absolute Gasteiger partial charge is 0.497 e. The van der Waals surface area contributed by atoms with Crippen molar-refractivity contribution in [2.24, 2.45) is 0 Å². The highest BCUT2D eigenvalue weighted by atomic mass is 32.2. The minimum Gasteiger partial charge on any atom is -0.497 e. The molecule has 3 rings (SSSR count). The van der Waals surface area contributed by atoms with E-state index in [1.54, 1.807) is 18.7 Å². The molecule has 0 saturated carbocycles. The Morgan fingerprint density at radius 3 is 2.68 bits per heavy atom. The number of nitrogens with one attached hydrogen (secondary N) is 1. The number of rotatable bonds is 8. The average Bonchev–Trinajstić information content (AvgIpc) is 3.17. The number of amides is 1. The van der Waals surface area contributed by atoms with Gasteiger partial charge in [-0.15, -0.1) is 5.10 Å². The van der Waals surface area contributed by atoms with Gasteiger partial charge in [-0.3, -0.25) is 4.79 Å². The normalized spacial score (nSPS) is 11.7. The molecule has 146 valence electrons. The third-order valence-electron chi connectivity index (χ3n) is 3.85. The molecule has 0 aliphatic carbocycles. The smallest absolute Gasteiger partial charge is 0.237 e. The minimum absolute atomic E-state index is 0.165. The Balaban J connectivity index is 1.70. The van der Waals surface area contributed by atoms with E-state index in [1.165, 1.54) is 11.8 Å². The Hall–Kier alpha value is -3.07. The summed E-state index contributed by atoms with van der Waals surface area (Å²) >= 11 is 1.27. The summed E-state index contributed by atoms with van der Waals surface area (Å²) in [5.74, 6) is 1.21. The van der Waals surface area contributed by atoms with Gasteiger partial charge in [0.1, 0.15) is 11.5 Å². The van der Waals surface area contributed by atoms with Gasteiger partial charge >= 0.3 is 0 Å². The van der Waals surface area contributed by atoms with Crippen molar-refractivity contribution >= 4 is 23.4 Å². The van der Waals surface area contributed by atoms with Crippen LogP contribution in [-0.2, 0) is 4.79 Å². The summed E-state index contributed by atoms with van der Waals surface area (Å²) in [6.07, 6.45) is 0. The number of para-hydroxylation sites is 2. The summed E-state index contributed by atoms with van der Waals surface area (Å²) in [7, 11) is 1.61. The Morgan fingerprint density at radius 2 is 1.96 bits per heavy atom. The topological polar surface area (TPSA) is 91.2 Å². The van der Waals surface area contributed by atoms with Crippen LogP contribution in [0.25, 0.3) is 5.69 Å². The first-order valence-electron chi connectivity index (χ1n) is 8.74. The zero-order chi connectivity index (χ0) is 19.9. The van der Waals surface area contributed by atoms with Crippen molar-refractivity contribution in [3.05, 3.63) is 48.5 Å². The maximum Gasteiger partial charge on any atom is 0.237 e. The van der Waals surface area contributed by atoms with Gasteiger partial charge in [0.05, 0.1) is 30.3 Å². The van der Waals surface area contributed by atoms with Gasteiger partial charge in [0, 0.05) is 0 Å². The SMILES string of the molecule is CCOc1ccccc1NC(=O)[C@H](C)Sc1nnnn1-c1ccc(OC)cc1. The fourth-order valence-corrected chi connectivity index (χ4v) is 3.24. The monoisotopic (exact) mass is 399 g/mol. The maximum absolute atomic E-state index is 12.6. The molecule has 1 N–H and O–H groups in total. The van der Waals surface area contributed by atoms with Gasteiger partial charge in [-0.25, -0.2) is 0 Å². The van der Waals surface area contributed by atoms with Gasteiger partial charge in [0.25, 0.3) is 0 Å². The molecule has 28 heavy (non-hydrogen) atoms. The molecular weight excluding hydrogens is 378 g/mol. The van der Waals surface area contributed by atoms with Crippen molar-refractivity contribution in [3.8, 4) is 17.2 Å². The van der Waals surface area contributed by atoms with Crippen molar-refractivity contribution < 1.29 is 14.3 Å². The number of hydrogen-bond donors (Lipinski definition) is 1. The summed E-state index contributed by atoms with van der Waals surface area (Å²) in [6, 6.07) is 14.7. The van der Waals surface area contributed by atoms with Crippen LogP contribution in [-0.4, -0.2) is 45.1 Å². The van der Waals surface area contributed by atoms with E-state index in [-0.39, 0.29) is 5.91 Å². The van der Waals surface area contributed by atoms with Crippen LogP contribution in [0.5, 0.6) is 11.5 Å². The lowest BCUT2D eigenvalue weighted by molar-refractivity contribution is -0.115. The number of anilines is 1. The lowest BCUT2D eigenvalue weighted by Crippen LogP contribution is -2.23. The van der Waals surface area contributed by atoms with Gasteiger partial charge in [-0.1, -0.05) is 23.9 Å². The summed E-state index contributed by atoms with van der Waals surface area (Å²) < 4.78 is 12.3. The molecule has 1 atom stereocenters. The second kappa shape index (κ2) is 9.23. The van der Waals surface area contributed by atoms with Crippen LogP contribution in [0.1, 0.15) is 13.8 Å². The predicted molar refractivity (Wildman–Crippen MR) is 107 cm³/mol. The number of aromatic nitrogens is 4. The first-order valence-corrected chi connectivity index (χ1v) is 9.62. The lowest BCUT2D eigenvalue weighted by Gasteiger charge is -2.14. The minimum atomic E-state index is -0.419. The lowest BCUT2D eigenvalue weighted by atomic mass is 10.3. The number of thioether (sulfide) groups is 1. The maximum atomic E-state index is 12.6. The first kappa shape index (κ1) is 19.7. The van der Waals surface area contributed by atoms with Crippen LogP contribution >= 0.6 is 11.8 Å². The average molecular weight is 399 g/mol. The van der Waals surface area contributed by atoms with Crippen molar-refractivity contribution in [2.75, 3.05) is 19.0 Å². The van der Waals surface area contributed by atoms with E-state index in [1.807, 2.05) is 55.5 Å². The zero-order valence-electron chi connectivity index (χ0n) is 15.8. The molecule has 0 aliphatic heterocycles. The number of carbonyl (C=O) groups excluding carboxylic acids is 1. The number of nitrogens with zero attached hydrogens (tertiary/aromatic N) is 4. The molecule has 1 heterocycles. The Bertz CT molecular complexity index is 929. The van der Waals surface area contributed by atoms with Crippen molar-refractivity contribution in [1.82, 2.24) is 20.2 Å². The summed E-state index contributed by atoms with van der Waals surface area (Å²) in [5, 5.41) is 14.8. The molecule has 0 aliphatic rings. The Kier molecular flexibility index (Phi) is 6.49. The van der Waals surface area contributed by atoms with E-state index >= 15 is 0 Å². The summed E-state index contributed by atoms with van der Waals surface area (Å²) in [4.78, 5) is 12.6. The van der Waals surface area contributed by atoms with E-state index < -0.39 is 5.25 Å². The highest BCUT2D eigenvalue weighted by molar-refractivity contribution is 8.00. The number of ether oxygens (including phenoxy) is 2. The number of tetrazole rings is 1. The molecule has 0 spiro atoms. The highest BCUT2D eigenvalue weighted by Gasteiger charge is 2.20. The molecule has 0 saturated heterocycles. The van der Waals surface area contributed by atoms with Crippen LogP contribution in [0.4, 0.5) is 5.69 Å². The standard InChI is InChI=1S/C19H21N5O3S/c1-4-27-17-8-6-5-7-16(17)20-18(25)13(2)28-19-21-22-23-24(19)14-9-11-15(26-3)12-10-14/h5-13H,4H2,1-3H3,(H,20,25)/t13-/m0/s1. The van der Waals surface area contributed by atoms with E-state index in [0.717, 1.165) is 11.4 Å². The van der Waals surface area contributed by atoms with Crippen LogP contribution in [0.15, 0.2) is 53.7 Å². The summed E-state index contributed by atoms with van der Waals surface area (Å²) in [5.41, 5.74) is 1.42. The van der Waals surface area contributed by atoms with E-state index in [4.69, 9.17) is 9.47 Å². The molecule has 1 amide bonds. The van der Waals surface area contributed by atoms with Crippen LogP contribution in [0, 0.1) is 0 Å². The first-order chi connectivity index (χ1) is 13.6. The fourth-order valence-electron chi connectivity index (χ4n) is 2.44. The fraction of sp³-hybridized carbons (Fsp3) is 0.263. The van der Waals surface area contributed by atoms with Gasteiger partial charge < -0.3 is 14.8 Å². The van der Waals surface area contributed by atoms with Crippen molar-refractivity contribution in [3.63, 3.8) is 0 Å². The number of carbonyl (C=O) groups is 1. The molecule has 3 aromatic rings. The number of methoxy groups -OCH3 is 1. The second-order valence-electron chi connectivity index (χ2n) is 5.75. The van der Waals surface area contributed by atoms with Crippen LogP contribution < -0.4 is 14.8 Å². The molecule has 8 nitrogen and oxygen atoms in total. The summed E-state index contributed by atoms with van der Waals surface area (Å²) in [6.45, 7) is 4.22. The van der Waals surface area contributed by atoms with E-state index in [0.29, 0.717) is 23.2 Å². The number of hydrogen-bond acceptors (Lipinski definition) is 7. The molecule has 2 aromatic carbocycles. The van der Waals surface area contributed by atoms with Crippen molar-refractivity contribution in [1.29, 1.82) is 0 Å². The van der Waals surface area contributed by atoms with Crippen LogP contribution in [0.2, 0.25) is 0 Å². The van der Waals surface area contributed by atoms with Crippen molar-refractivity contribution in [2.45, 2.75) is 24.3 Å². The molecule has 9 heteroatoms. The second-order valence-corrected chi connectivity index (χ2v) is 7.06. The number of benzene rings is 2. The van der Waals surface area contributed by atoms with Crippen LogP contribution in [0.3, 0.4) is 0 Å². The highest BCUT2D eigenvalue weighted by Crippen LogP contribution is 2.27. The molecule has 0 unspecified atom stereocenters.